The summed E-state index contributed by atoms with van der Waals surface area (Å²) in [5, 5.41) is 12.6. The molecule has 0 bridgehead atoms. The van der Waals surface area contributed by atoms with Crippen LogP contribution in [0.3, 0.4) is 0 Å². The van der Waals surface area contributed by atoms with Crippen molar-refractivity contribution in [3.05, 3.63) is 18.1 Å². The molecule has 8 nitrogen and oxygen atoms in total. The number of hydrogen-bond donors (Lipinski definition) is 1. The van der Waals surface area contributed by atoms with E-state index in [-0.39, 0.29) is 18.2 Å². The summed E-state index contributed by atoms with van der Waals surface area (Å²) >= 11 is 0. The molecule has 3 rings (SSSR count). The van der Waals surface area contributed by atoms with E-state index in [9.17, 15) is 13.2 Å². The van der Waals surface area contributed by atoms with Crippen LogP contribution < -0.4 is 10.2 Å². The third-order valence-electron chi connectivity index (χ3n) is 2.97. The lowest BCUT2D eigenvalue weighted by molar-refractivity contribution is -0.146. The minimum atomic E-state index is -4.65. The Bertz CT molecular complexity index is 625. The average molecular weight is 337 g/mol. The number of rotatable bonds is 2. The van der Waals surface area contributed by atoms with Gasteiger partial charge in [0.15, 0.2) is 5.82 Å². The second kappa shape index (κ2) is 6.40. The number of nitrogens with zero attached hydrogens (tertiary/aromatic N) is 7. The fourth-order valence-corrected chi connectivity index (χ4v) is 1.99. The maximum atomic E-state index is 12.8. The summed E-state index contributed by atoms with van der Waals surface area (Å²) in [6.07, 6.45) is -3.26. The summed E-state index contributed by atoms with van der Waals surface area (Å²) in [5.74, 6) is -0.874. The van der Waals surface area contributed by atoms with E-state index in [0.717, 1.165) is 13.1 Å². The lowest BCUT2D eigenvalue weighted by Gasteiger charge is -2.27. The molecule has 120 valence electrons. The fraction of sp³-hybridized carbons (Fsp3) is 0.500. The molecule has 1 aliphatic rings. The van der Waals surface area contributed by atoms with Crippen molar-refractivity contribution in [2.75, 3.05) is 31.1 Å². The minimum Gasteiger partial charge on any atom is -0.338 e. The monoisotopic (exact) mass is 336 g/mol. The van der Waals surface area contributed by atoms with Gasteiger partial charge in [-0.25, -0.2) is 4.98 Å². The number of hydrogen-bond acceptors (Lipinski definition) is 7. The van der Waals surface area contributed by atoms with Crippen molar-refractivity contribution in [1.29, 1.82) is 0 Å². The van der Waals surface area contributed by atoms with Gasteiger partial charge in [0.25, 0.3) is 5.82 Å². The van der Waals surface area contributed by atoms with Gasteiger partial charge in [-0.05, 0) is 10.4 Å². The second-order valence-electron chi connectivity index (χ2n) is 4.36. The molecule has 0 aromatic carbocycles. The van der Waals surface area contributed by atoms with Gasteiger partial charge in [-0.15, -0.1) is 17.5 Å². The van der Waals surface area contributed by atoms with E-state index in [1.807, 2.05) is 4.90 Å². The zero-order valence-corrected chi connectivity index (χ0v) is 12.0. The van der Waals surface area contributed by atoms with Crippen molar-refractivity contribution in [2.24, 2.45) is 0 Å². The smallest absolute Gasteiger partial charge is 0.338 e. The predicted octanol–water partition coefficient (Wildman–Crippen LogP) is 0.302. The highest BCUT2D eigenvalue weighted by Crippen LogP contribution is 2.27. The molecule has 12 heteroatoms. The molecule has 0 atom stereocenters. The van der Waals surface area contributed by atoms with Gasteiger partial charge in [-0.1, -0.05) is 0 Å². The van der Waals surface area contributed by atoms with E-state index in [0.29, 0.717) is 23.7 Å². The number of halogens is 4. The van der Waals surface area contributed by atoms with Crippen LogP contribution in [0, 0.1) is 0 Å². The summed E-state index contributed by atoms with van der Waals surface area (Å²) < 4.78 is 39.0. The Hall–Kier alpha value is -2.01. The van der Waals surface area contributed by atoms with E-state index in [2.05, 4.69) is 30.8 Å². The quantitative estimate of drug-likeness (QED) is 0.844. The molecule has 2 aromatic heterocycles. The van der Waals surface area contributed by atoms with Gasteiger partial charge < -0.3 is 10.2 Å². The standard InChI is InChI=1S/C10H11F3N8.ClH/c11-10(12,13)8-17-18-19-21(8)7-1-2-15-9(16-7)20-5-3-14-4-6-20;/h1-2,14H,3-6H2;1H. The van der Waals surface area contributed by atoms with Gasteiger partial charge in [0, 0.05) is 38.4 Å². The number of alkyl halides is 3. The number of nitrogens with one attached hydrogen (secondary N) is 1. The topological polar surface area (TPSA) is 84.7 Å². The van der Waals surface area contributed by atoms with Crippen molar-refractivity contribution in [1.82, 2.24) is 35.5 Å². The van der Waals surface area contributed by atoms with E-state index >= 15 is 0 Å². The number of piperazine rings is 1. The summed E-state index contributed by atoms with van der Waals surface area (Å²) in [7, 11) is 0. The summed E-state index contributed by atoms with van der Waals surface area (Å²) in [6, 6.07) is 1.33. The molecule has 3 heterocycles. The van der Waals surface area contributed by atoms with Crippen molar-refractivity contribution >= 4 is 18.4 Å². The van der Waals surface area contributed by atoms with Crippen LogP contribution in [0.4, 0.5) is 19.1 Å². The highest BCUT2D eigenvalue weighted by molar-refractivity contribution is 5.85. The molecular formula is C10H12ClF3N8. The number of tetrazole rings is 1. The van der Waals surface area contributed by atoms with Crippen LogP contribution in [0.25, 0.3) is 5.82 Å². The first kappa shape index (κ1) is 16.4. The fourth-order valence-electron chi connectivity index (χ4n) is 1.99. The van der Waals surface area contributed by atoms with E-state index in [1.165, 1.54) is 12.3 Å². The van der Waals surface area contributed by atoms with Crippen molar-refractivity contribution in [3.8, 4) is 5.82 Å². The maximum Gasteiger partial charge on any atom is 0.453 e. The third-order valence-corrected chi connectivity index (χ3v) is 2.97. The minimum absolute atomic E-state index is 0. The Kier molecular flexibility index (Phi) is 4.76. The zero-order chi connectivity index (χ0) is 14.9. The van der Waals surface area contributed by atoms with Gasteiger partial charge in [0.1, 0.15) is 0 Å². The Labute approximate surface area is 129 Å². The van der Waals surface area contributed by atoms with Gasteiger partial charge in [0.2, 0.25) is 5.95 Å². The third kappa shape index (κ3) is 3.25. The van der Waals surface area contributed by atoms with Gasteiger partial charge in [-0.3, -0.25) is 0 Å². The Morgan fingerprint density at radius 1 is 1.18 bits per heavy atom. The Balaban J connectivity index is 0.00000176. The molecule has 1 saturated heterocycles. The molecule has 0 aliphatic carbocycles. The molecular weight excluding hydrogens is 325 g/mol. The Morgan fingerprint density at radius 2 is 1.91 bits per heavy atom. The molecule has 1 N–H and O–H groups in total. The van der Waals surface area contributed by atoms with Crippen LogP contribution >= 0.6 is 12.4 Å². The maximum absolute atomic E-state index is 12.8. The lowest BCUT2D eigenvalue weighted by atomic mass is 10.4. The first-order chi connectivity index (χ1) is 10.1. The van der Waals surface area contributed by atoms with Gasteiger partial charge in [-0.2, -0.15) is 22.8 Å². The number of aromatic nitrogens is 6. The first-order valence-corrected chi connectivity index (χ1v) is 6.20. The molecule has 0 saturated carbocycles. The highest BCUT2D eigenvalue weighted by Gasteiger charge is 2.38. The first-order valence-electron chi connectivity index (χ1n) is 6.20. The average Bonchev–Trinajstić information content (AvgIpc) is 2.98. The van der Waals surface area contributed by atoms with Crippen LogP contribution in [-0.2, 0) is 6.18 Å². The molecule has 1 aliphatic heterocycles. The van der Waals surface area contributed by atoms with Gasteiger partial charge in [0.05, 0.1) is 0 Å². The second-order valence-corrected chi connectivity index (χ2v) is 4.36. The molecule has 0 radical (unpaired) electrons. The lowest BCUT2D eigenvalue weighted by Crippen LogP contribution is -2.44. The van der Waals surface area contributed by atoms with Crippen LogP contribution in [0.1, 0.15) is 5.82 Å². The summed E-state index contributed by atoms with van der Waals surface area (Å²) in [5.41, 5.74) is 0. The molecule has 2 aromatic rings. The number of anilines is 1. The van der Waals surface area contributed by atoms with E-state index in [4.69, 9.17) is 0 Å². The van der Waals surface area contributed by atoms with Crippen LogP contribution in [0.15, 0.2) is 12.3 Å². The van der Waals surface area contributed by atoms with Crippen molar-refractivity contribution in [3.63, 3.8) is 0 Å². The van der Waals surface area contributed by atoms with E-state index in [1.54, 1.807) is 0 Å². The largest absolute Gasteiger partial charge is 0.453 e. The molecule has 0 spiro atoms. The van der Waals surface area contributed by atoms with Gasteiger partial charge >= 0.3 is 6.18 Å². The zero-order valence-electron chi connectivity index (χ0n) is 11.2. The van der Waals surface area contributed by atoms with Crippen LogP contribution in [0.2, 0.25) is 0 Å². The normalized spacial score (nSPS) is 15.5. The molecule has 0 unspecified atom stereocenters. The summed E-state index contributed by atoms with van der Waals surface area (Å²) in [4.78, 5) is 10.1. The van der Waals surface area contributed by atoms with Crippen LogP contribution in [0.5, 0.6) is 0 Å². The van der Waals surface area contributed by atoms with Crippen molar-refractivity contribution in [2.45, 2.75) is 6.18 Å². The van der Waals surface area contributed by atoms with Crippen LogP contribution in [-0.4, -0.2) is 56.4 Å². The van der Waals surface area contributed by atoms with Crippen molar-refractivity contribution < 1.29 is 13.2 Å². The molecule has 0 amide bonds. The summed E-state index contributed by atoms with van der Waals surface area (Å²) in [6.45, 7) is 2.91. The highest BCUT2D eigenvalue weighted by atomic mass is 35.5. The Morgan fingerprint density at radius 3 is 2.59 bits per heavy atom. The SMILES string of the molecule is Cl.FC(F)(F)c1nnnn1-c1ccnc(N2CCNCC2)n1. The molecule has 22 heavy (non-hydrogen) atoms. The van der Waals surface area contributed by atoms with E-state index < -0.39 is 12.0 Å². The molecule has 1 fully saturated rings. The predicted molar refractivity (Wildman–Crippen MR) is 72.1 cm³/mol.